The third kappa shape index (κ3) is 4.03. The van der Waals surface area contributed by atoms with Gasteiger partial charge in [0, 0.05) is 32.1 Å². The van der Waals surface area contributed by atoms with Crippen molar-refractivity contribution in [2.45, 2.75) is 12.5 Å². The predicted octanol–water partition coefficient (Wildman–Crippen LogP) is 2.65. The van der Waals surface area contributed by atoms with Crippen molar-refractivity contribution in [2.24, 2.45) is 0 Å². The number of carbonyl (C=O) groups excluding carboxylic acids is 2. The minimum absolute atomic E-state index is 0.164. The fourth-order valence-corrected chi connectivity index (χ4v) is 2.88. The normalized spacial score (nSPS) is 12.0. The van der Waals surface area contributed by atoms with Gasteiger partial charge in [0.2, 0.25) is 5.91 Å². The number of fused-ring (bicyclic) bond motifs is 1. The zero-order valence-corrected chi connectivity index (χ0v) is 15.2. The molecule has 0 saturated carbocycles. The summed E-state index contributed by atoms with van der Waals surface area (Å²) >= 11 is 5.88. The number of carbonyl (C=O) groups is 2. The van der Waals surface area contributed by atoms with E-state index in [1.165, 1.54) is 4.90 Å². The van der Waals surface area contributed by atoms with Crippen LogP contribution in [0.1, 0.15) is 16.1 Å². The summed E-state index contributed by atoms with van der Waals surface area (Å²) in [4.78, 5) is 33.7. The Morgan fingerprint density at radius 1 is 1.23 bits per heavy atom. The van der Waals surface area contributed by atoms with Crippen LogP contribution in [0.4, 0.5) is 0 Å². The summed E-state index contributed by atoms with van der Waals surface area (Å²) in [7, 11) is 3.34. The van der Waals surface area contributed by atoms with Crippen molar-refractivity contribution in [3.8, 4) is 0 Å². The number of hydrogen-bond acceptors (Lipinski definition) is 3. The lowest BCUT2D eigenvalue weighted by atomic mass is 10.0. The third-order valence-electron chi connectivity index (χ3n) is 4.04. The van der Waals surface area contributed by atoms with E-state index >= 15 is 0 Å². The minimum Gasteiger partial charge on any atom is -0.350 e. The van der Waals surface area contributed by atoms with Crippen LogP contribution in [0.15, 0.2) is 48.7 Å². The largest absolute Gasteiger partial charge is 0.350 e. The van der Waals surface area contributed by atoms with Crippen molar-refractivity contribution in [1.29, 1.82) is 0 Å². The first-order valence-electron chi connectivity index (χ1n) is 8.14. The van der Waals surface area contributed by atoms with Gasteiger partial charge in [-0.2, -0.15) is 0 Å². The Hall–Kier alpha value is -2.86. The number of pyridine rings is 1. The summed E-state index contributed by atoms with van der Waals surface area (Å²) in [6.45, 7) is 0. The van der Waals surface area contributed by atoms with Crippen LogP contribution < -0.4 is 5.32 Å². The fourth-order valence-electron chi connectivity index (χ4n) is 2.72. The number of benzene rings is 1. The molecule has 0 aliphatic heterocycles. The molecule has 0 bridgehead atoms. The van der Waals surface area contributed by atoms with E-state index in [4.69, 9.17) is 11.6 Å². The van der Waals surface area contributed by atoms with Gasteiger partial charge >= 0.3 is 0 Å². The lowest BCUT2D eigenvalue weighted by Crippen LogP contribution is -2.47. The Morgan fingerprint density at radius 2 is 1.96 bits per heavy atom. The van der Waals surface area contributed by atoms with Gasteiger partial charge in [-0.3, -0.25) is 9.59 Å². The first-order valence-corrected chi connectivity index (χ1v) is 8.52. The van der Waals surface area contributed by atoms with Crippen molar-refractivity contribution < 1.29 is 9.59 Å². The lowest BCUT2D eigenvalue weighted by Gasteiger charge is -2.21. The van der Waals surface area contributed by atoms with Crippen molar-refractivity contribution in [1.82, 2.24) is 20.2 Å². The molecule has 134 valence electrons. The van der Waals surface area contributed by atoms with Gasteiger partial charge < -0.3 is 15.2 Å². The molecule has 0 unspecified atom stereocenters. The SMILES string of the molecule is CN(C)C(=O)[C@H](Cc1ccccc1)NC(=O)c1cc2cnc(Cl)cc2[nH]1. The van der Waals surface area contributed by atoms with Gasteiger partial charge in [-0.15, -0.1) is 0 Å². The van der Waals surface area contributed by atoms with Crippen molar-refractivity contribution in [3.05, 3.63) is 65.1 Å². The Morgan fingerprint density at radius 3 is 2.65 bits per heavy atom. The van der Waals surface area contributed by atoms with Crippen LogP contribution in [-0.2, 0) is 11.2 Å². The number of H-pyrrole nitrogens is 1. The van der Waals surface area contributed by atoms with Crippen LogP contribution in [0.5, 0.6) is 0 Å². The summed E-state index contributed by atoms with van der Waals surface area (Å²) < 4.78 is 0. The number of nitrogens with one attached hydrogen (secondary N) is 2. The summed E-state index contributed by atoms with van der Waals surface area (Å²) in [5.74, 6) is -0.517. The van der Waals surface area contributed by atoms with Crippen LogP contribution >= 0.6 is 11.6 Å². The molecule has 7 heteroatoms. The van der Waals surface area contributed by atoms with Crippen molar-refractivity contribution >= 4 is 34.3 Å². The van der Waals surface area contributed by atoms with Crippen LogP contribution in [0.2, 0.25) is 5.15 Å². The molecule has 0 spiro atoms. The average molecular weight is 371 g/mol. The van der Waals surface area contributed by atoms with Gasteiger partial charge in [0.1, 0.15) is 16.9 Å². The zero-order chi connectivity index (χ0) is 18.7. The molecule has 0 radical (unpaired) electrons. The molecule has 2 amide bonds. The van der Waals surface area contributed by atoms with Gasteiger partial charge in [-0.25, -0.2) is 4.98 Å². The Labute approximate surface area is 156 Å². The van der Waals surface area contributed by atoms with Crippen LogP contribution in [0.3, 0.4) is 0 Å². The maximum Gasteiger partial charge on any atom is 0.268 e. The van der Waals surface area contributed by atoms with E-state index in [1.54, 1.807) is 32.4 Å². The Balaban J connectivity index is 1.82. The molecule has 0 saturated heterocycles. The highest BCUT2D eigenvalue weighted by molar-refractivity contribution is 6.30. The molecule has 26 heavy (non-hydrogen) atoms. The molecular weight excluding hydrogens is 352 g/mol. The summed E-state index contributed by atoms with van der Waals surface area (Å²) in [5, 5.41) is 3.94. The van der Waals surface area contributed by atoms with E-state index in [0.29, 0.717) is 22.8 Å². The number of halogens is 1. The molecule has 3 rings (SSSR count). The van der Waals surface area contributed by atoms with E-state index in [-0.39, 0.29) is 11.8 Å². The van der Waals surface area contributed by atoms with Gasteiger partial charge in [0.25, 0.3) is 5.91 Å². The molecule has 2 aromatic heterocycles. The molecule has 1 atom stereocenters. The maximum absolute atomic E-state index is 12.7. The van der Waals surface area contributed by atoms with E-state index in [1.807, 2.05) is 30.3 Å². The zero-order valence-electron chi connectivity index (χ0n) is 14.5. The maximum atomic E-state index is 12.7. The predicted molar refractivity (Wildman–Crippen MR) is 101 cm³/mol. The van der Waals surface area contributed by atoms with Crippen molar-refractivity contribution in [2.75, 3.05) is 14.1 Å². The number of amides is 2. The quantitative estimate of drug-likeness (QED) is 0.678. The fraction of sp³-hybridized carbons (Fsp3) is 0.211. The van der Waals surface area contributed by atoms with E-state index < -0.39 is 6.04 Å². The van der Waals surface area contributed by atoms with E-state index in [0.717, 1.165) is 10.9 Å². The molecule has 2 N–H and O–H groups in total. The first kappa shape index (κ1) is 17.9. The molecule has 6 nitrogen and oxygen atoms in total. The second kappa shape index (κ2) is 7.58. The molecule has 0 aliphatic rings. The molecule has 2 heterocycles. The van der Waals surface area contributed by atoms with Gasteiger partial charge in [0.15, 0.2) is 0 Å². The van der Waals surface area contributed by atoms with Crippen molar-refractivity contribution in [3.63, 3.8) is 0 Å². The van der Waals surface area contributed by atoms with Crippen LogP contribution in [0.25, 0.3) is 10.9 Å². The van der Waals surface area contributed by atoms with Gasteiger partial charge in [-0.05, 0) is 17.7 Å². The van der Waals surface area contributed by atoms with Gasteiger partial charge in [0.05, 0.1) is 5.52 Å². The summed E-state index contributed by atoms with van der Waals surface area (Å²) in [6, 6.07) is 12.3. The number of hydrogen-bond donors (Lipinski definition) is 2. The van der Waals surface area contributed by atoms with Crippen LogP contribution in [-0.4, -0.2) is 46.8 Å². The highest BCUT2D eigenvalue weighted by Gasteiger charge is 2.24. The highest BCUT2D eigenvalue weighted by atomic mass is 35.5. The first-order chi connectivity index (χ1) is 12.4. The Bertz CT molecular complexity index is 937. The summed E-state index contributed by atoms with van der Waals surface area (Å²) in [6.07, 6.45) is 2.01. The topological polar surface area (TPSA) is 78.1 Å². The minimum atomic E-state index is -0.659. The standard InChI is InChI=1S/C19H19ClN4O2/c1-24(2)19(26)16(8-12-6-4-3-5-7-12)23-18(25)15-9-13-11-21-17(20)10-14(13)22-15/h3-7,9-11,16,22H,8H2,1-2H3,(H,23,25)/t16-/m0/s1. The number of aromatic amines is 1. The smallest absolute Gasteiger partial charge is 0.268 e. The Kier molecular flexibility index (Phi) is 5.23. The molecule has 3 aromatic rings. The monoisotopic (exact) mass is 370 g/mol. The van der Waals surface area contributed by atoms with Crippen LogP contribution in [0, 0.1) is 0 Å². The number of aromatic nitrogens is 2. The number of nitrogens with zero attached hydrogens (tertiary/aromatic N) is 2. The summed E-state index contributed by atoms with van der Waals surface area (Å²) in [5.41, 5.74) is 2.04. The second-order valence-electron chi connectivity index (χ2n) is 6.23. The average Bonchev–Trinajstić information content (AvgIpc) is 3.04. The number of likely N-dealkylation sites (N-methyl/N-ethyl adjacent to an activating group) is 1. The third-order valence-corrected chi connectivity index (χ3v) is 4.25. The second-order valence-corrected chi connectivity index (χ2v) is 6.61. The molecule has 1 aromatic carbocycles. The molecule has 0 fully saturated rings. The lowest BCUT2D eigenvalue weighted by molar-refractivity contribution is -0.130. The molecular formula is C19H19ClN4O2. The van der Waals surface area contributed by atoms with Gasteiger partial charge in [-0.1, -0.05) is 41.9 Å². The van der Waals surface area contributed by atoms with E-state index in [2.05, 4.69) is 15.3 Å². The highest BCUT2D eigenvalue weighted by Crippen LogP contribution is 2.18. The number of rotatable bonds is 5. The van der Waals surface area contributed by atoms with E-state index in [9.17, 15) is 9.59 Å². The molecule has 0 aliphatic carbocycles.